The summed E-state index contributed by atoms with van der Waals surface area (Å²) in [6, 6.07) is 16.5. The van der Waals surface area contributed by atoms with Gasteiger partial charge in [-0.3, -0.25) is 9.69 Å². The number of pyridine rings is 1. The third-order valence-corrected chi connectivity index (χ3v) is 6.24. The number of methoxy groups -OCH3 is 1. The molecule has 0 radical (unpaired) electrons. The molecule has 4 aromatic rings. The summed E-state index contributed by atoms with van der Waals surface area (Å²) in [6.45, 7) is 4.11. The number of fused-ring (bicyclic) bond motifs is 1. The minimum atomic E-state index is -0.308. The maximum absolute atomic E-state index is 14.1. The Labute approximate surface area is 203 Å². The van der Waals surface area contributed by atoms with Crippen LogP contribution < -0.4 is 10.1 Å². The predicted molar refractivity (Wildman–Crippen MR) is 137 cm³/mol. The van der Waals surface area contributed by atoms with Gasteiger partial charge in [-0.2, -0.15) is 0 Å². The van der Waals surface area contributed by atoms with E-state index in [0.717, 1.165) is 54.0 Å². The van der Waals surface area contributed by atoms with Crippen molar-refractivity contribution in [1.82, 2.24) is 14.9 Å². The summed E-state index contributed by atoms with van der Waals surface area (Å²) >= 11 is 0. The van der Waals surface area contributed by atoms with Crippen LogP contribution in [0.3, 0.4) is 0 Å². The van der Waals surface area contributed by atoms with Crippen LogP contribution in [0.2, 0.25) is 0 Å². The second-order valence-electron chi connectivity index (χ2n) is 8.76. The first-order chi connectivity index (χ1) is 17.0. The quantitative estimate of drug-likeness (QED) is 0.383. The Hall–Kier alpha value is -3.97. The van der Waals surface area contributed by atoms with Crippen molar-refractivity contribution in [1.29, 1.82) is 0 Å². The van der Waals surface area contributed by atoms with Gasteiger partial charge in [0.05, 0.1) is 7.11 Å². The summed E-state index contributed by atoms with van der Waals surface area (Å²) in [5.74, 6) is 0.238. The molecule has 6 nitrogen and oxygen atoms in total. The Balaban J connectivity index is 1.38. The van der Waals surface area contributed by atoms with Gasteiger partial charge < -0.3 is 15.0 Å². The molecule has 0 aliphatic carbocycles. The molecule has 1 aliphatic heterocycles. The molecule has 3 heterocycles. The lowest BCUT2D eigenvalue weighted by atomic mass is 10.0. The number of amides is 1. The number of nitrogens with one attached hydrogen (secondary N) is 2. The highest BCUT2D eigenvalue weighted by atomic mass is 19.1. The van der Waals surface area contributed by atoms with Crippen molar-refractivity contribution in [3.63, 3.8) is 0 Å². The van der Waals surface area contributed by atoms with Gasteiger partial charge in [0, 0.05) is 55.1 Å². The highest BCUT2D eigenvalue weighted by Crippen LogP contribution is 2.36. The lowest BCUT2D eigenvalue weighted by Gasteiger charge is -2.27. The van der Waals surface area contributed by atoms with Crippen molar-refractivity contribution < 1.29 is 13.9 Å². The highest BCUT2D eigenvalue weighted by Gasteiger charge is 2.18. The maximum Gasteiger partial charge on any atom is 0.221 e. The normalized spacial score (nSPS) is 14.1. The van der Waals surface area contributed by atoms with Gasteiger partial charge >= 0.3 is 0 Å². The number of hydrogen-bond acceptors (Lipinski definition) is 4. The molecule has 0 atom stereocenters. The Morgan fingerprint density at radius 1 is 1.14 bits per heavy atom. The number of halogens is 1. The number of rotatable bonds is 6. The van der Waals surface area contributed by atoms with E-state index >= 15 is 0 Å². The van der Waals surface area contributed by atoms with Gasteiger partial charge in [-0.25, -0.2) is 9.37 Å². The Kier molecular flexibility index (Phi) is 6.33. The van der Waals surface area contributed by atoms with Crippen molar-refractivity contribution >= 4 is 28.2 Å². The fourth-order valence-corrected chi connectivity index (χ4v) is 4.62. The number of nitrogens with zero attached hydrogens (tertiary/aromatic N) is 2. The van der Waals surface area contributed by atoms with Crippen LogP contribution in [-0.4, -0.2) is 41.0 Å². The molecule has 0 fully saturated rings. The SMILES string of the molecule is COc1ccc(F)cc1-c1ccnc2[nH]c(C3=CCCN(Cc4ccc(NC(C)=O)cc4)C3)cc12. The van der Waals surface area contributed by atoms with Crippen molar-refractivity contribution in [3.05, 3.63) is 83.9 Å². The summed E-state index contributed by atoms with van der Waals surface area (Å²) in [5.41, 5.74) is 6.56. The van der Waals surface area contributed by atoms with Gasteiger partial charge in [0.1, 0.15) is 17.2 Å². The van der Waals surface area contributed by atoms with Gasteiger partial charge in [-0.1, -0.05) is 18.2 Å². The average Bonchev–Trinajstić information content (AvgIpc) is 3.30. The number of ether oxygens (including phenoxy) is 1. The van der Waals surface area contributed by atoms with E-state index in [2.05, 4.69) is 44.5 Å². The summed E-state index contributed by atoms with van der Waals surface area (Å²) in [4.78, 5) is 21.6. The lowest BCUT2D eigenvalue weighted by molar-refractivity contribution is -0.114. The smallest absolute Gasteiger partial charge is 0.221 e. The topological polar surface area (TPSA) is 70.2 Å². The molecule has 0 unspecified atom stereocenters. The minimum Gasteiger partial charge on any atom is -0.496 e. The van der Waals surface area contributed by atoms with E-state index in [1.54, 1.807) is 19.4 Å². The molecule has 178 valence electrons. The van der Waals surface area contributed by atoms with Crippen LogP contribution in [0.5, 0.6) is 5.75 Å². The zero-order valence-electron chi connectivity index (χ0n) is 19.8. The van der Waals surface area contributed by atoms with Gasteiger partial charge in [0.15, 0.2) is 0 Å². The molecule has 0 saturated carbocycles. The first-order valence-electron chi connectivity index (χ1n) is 11.6. The second kappa shape index (κ2) is 9.72. The molecule has 2 N–H and O–H groups in total. The number of carbonyl (C=O) groups is 1. The van der Waals surface area contributed by atoms with Crippen LogP contribution in [-0.2, 0) is 11.3 Å². The van der Waals surface area contributed by atoms with Crippen LogP contribution in [0.25, 0.3) is 27.7 Å². The Bertz CT molecular complexity index is 1410. The minimum absolute atomic E-state index is 0.0737. The van der Waals surface area contributed by atoms with Gasteiger partial charge in [-0.05, 0) is 65.6 Å². The van der Waals surface area contributed by atoms with E-state index in [-0.39, 0.29) is 11.7 Å². The standard InChI is InChI=1S/C28H27FN4O2/c1-18(34)31-22-8-5-19(6-9-22)16-33-13-3-4-20(17-33)26-15-25-23(11-12-30-28(25)32-26)24-14-21(29)7-10-27(24)35-2/h4-12,14-15H,3,13,16-17H2,1-2H3,(H,30,32)(H,31,34). The number of benzene rings is 2. The molecule has 1 aliphatic rings. The molecular weight excluding hydrogens is 443 g/mol. The zero-order chi connectivity index (χ0) is 24.4. The number of carbonyl (C=O) groups excluding carboxylic acids is 1. The van der Waals surface area contributed by atoms with Crippen LogP contribution in [0.1, 0.15) is 24.6 Å². The Morgan fingerprint density at radius 3 is 2.74 bits per heavy atom. The van der Waals surface area contributed by atoms with E-state index in [1.807, 2.05) is 18.2 Å². The maximum atomic E-state index is 14.1. The zero-order valence-corrected chi connectivity index (χ0v) is 19.8. The molecule has 5 rings (SSSR count). The van der Waals surface area contributed by atoms with Crippen LogP contribution >= 0.6 is 0 Å². The average molecular weight is 471 g/mol. The van der Waals surface area contributed by atoms with E-state index in [4.69, 9.17) is 4.74 Å². The van der Waals surface area contributed by atoms with Crippen molar-refractivity contribution in [2.75, 3.05) is 25.5 Å². The molecule has 2 aromatic heterocycles. The van der Waals surface area contributed by atoms with Crippen LogP contribution in [0.15, 0.2) is 66.9 Å². The molecule has 7 heteroatoms. The largest absolute Gasteiger partial charge is 0.496 e. The molecule has 2 aromatic carbocycles. The van der Waals surface area contributed by atoms with Crippen molar-refractivity contribution in [2.24, 2.45) is 0 Å². The number of hydrogen-bond donors (Lipinski definition) is 2. The molecular formula is C28H27FN4O2. The van der Waals surface area contributed by atoms with Crippen LogP contribution in [0.4, 0.5) is 10.1 Å². The van der Waals surface area contributed by atoms with E-state index < -0.39 is 0 Å². The molecule has 0 spiro atoms. The fraction of sp³-hybridized carbons (Fsp3) is 0.214. The molecule has 0 saturated heterocycles. The van der Waals surface area contributed by atoms with Gasteiger partial charge in [-0.15, -0.1) is 0 Å². The number of aromatic nitrogens is 2. The summed E-state index contributed by atoms with van der Waals surface area (Å²) in [5, 5.41) is 3.73. The van der Waals surface area contributed by atoms with Crippen molar-refractivity contribution in [3.8, 4) is 16.9 Å². The Morgan fingerprint density at radius 2 is 1.97 bits per heavy atom. The first kappa shape index (κ1) is 22.8. The number of H-pyrrole nitrogens is 1. The van der Waals surface area contributed by atoms with Gasteiger partial charge in [0.2, 0.25) is 5.91 Å². The molecule has 1 amide bonds. The number of aromatic amines is 1. The lowest BCUT2D eigenvalue weighted by Crippen LogP contribution is -2.29. The van der Waals surface area contributed by atoms with E-state index in [0.29, 0.717) is 11.3 Å². The first-order valence-corrected chi connectivity index (χ1v) is 11.6. The summed E-state index contributed by atoms with van der Waals surface area (Å²) in [6.07, 6.45) is 4.95. The number of anilines is 1. The second-order valence-corrected chi connectivity index (χ2v) is 8.76. The summed E-state index contributed by atoms with van der Waals surface area (Å²) < 4.78 is 19.5. The van der Waals surface area contributed by atoms with E-state index in [1.165, 1.54) is 30.2 Å². The van der Waals surface area contributed by atoms with Gasteiger partial charge in [0.25, 0.3) is 0 Å². The fourth-order valence-electron chi connectivity index (χ4n) is 4.62. The highest BCUT2D eigenvalue weighted by molar-refractivity contribution is 5.96. The summed E-state index contributed by atoms with van der Waals surface area (Å²) in [7, 11) is 1.59. The molecule has 35 heavy (non-hydrogen) atoms. The third kappa shape index (κ3) is 4.95. The monoisotopic (exact) mass is 470 g/mol. The van der Waals surface area contributed by atoms with E-state index in [9.17, 15) is 9.18 Å². The van der Waals surface area contributed by atoms with Crippen molar-refractivity contribution in [2.45, 2.75) is 19.9 Å². The third-order valence-electron chi connectivity index (χ3n) is 6.24. The predicted octanol–water partition coefficient (Wildman–Crippen LogP) is 5.63. The molecule has 0 bridgehead atoms. The van der Waals surface area contributed by atoms with Crippen LogP contribution in [0, 0.1) is 5.82 Å².